The number of carbonyl (C=O) groups is 2. The van der Waals surface area contributed by atoms with Gasteiger partial charge in [0.15, 0.2) is 0 Å². The molecule has 2 amide bonds. The van der Waals surface area contributed by atoms with Crippen molar-refractivity contribution in [2.75, 3.05) is 13.1 Å². The van der Waals surface area contributed by atoms with Gasteiger partial charge in [0.05, 0.1) is 18.2 Å². The van der Waals surface area contributed by atoms with Crippen molar-refractivity contribution in [2.45, 2.75) is 57.0 Å². The number of amides is 2. The minimum atomic E-state index is -0.157. The number of aryl methyl sites for hydroxylation is 1. The summed E-state index contributed by atoms with van der Waals surface area (Å²) in [6.45, 7) is 1.42. The number of carbonyl (C=O) groups excluding carboxylic acids is 2. The van der Waals surface area contributed by atoms with Crippen LogP contribution in [0.3, 0.4) is 0 Å². The Bertz CT molecular complexity index is 635. The predicted octanol–water partition coefficient (Wildman–Crippen LogP) is 1.87. The van der Waals surface area contributed by atoms with Gasteiger partial charge in [0, 0.05) is 44.4 Å². The molecule has 0 aromatic carbocycles. The molecule has 4 rings (SSSR count). The molecule has 1 saturated carbocycles. The largest absolute Gasteiger partial charge is 0.339 e. The van der Waals surface area contributed by atoms with E-state index in [4.69, 9.17) is 0 Å². The number of hydrogen-bond acceptors (Lipinski definition) is 3. The van der Waals surface area contributed by atoms with Crippen LogP contribution >= 0.6 is 0 Å². The zero-order chi connectivity index (χ0) is 16.7. The van der Waals surface area contributed by atoms with Gasteiger partial charge in [0.1, 0.15) is 0 Å². The van der Waals surface area contributed by atoms with E-state index in [9.17, 15) is 9.59 Å². The Kier molecular flexibility index (Phi) is 4.06. The lowest BCUT2D eigenvalue weighted by Gasteiger charge is -2.28. The molecule has 24 heavy (non-hydrogen) atoms. The molecular formula is C18H26N4O2. The summed E-state index contributed by atoms with van der Waals surface area (Å²) in [5.74, 6) is 0.183. The maximum atomic E-state index is 13.1. The van der Waals surface area contributed by atoms with Crippen molar-refractivity contribution in [1.29, 1.82) is 0 Å². The molecule has 0 unspecified atom stereocenters. The smallest absolute Gasteiger partial charge is 0.228 e. The molecule has 3 heterocycles. The molecule has 6 heteroatoms. The first kappa shape index (κ1) is 15.7. The van der Waals surface area contributed by atoms with E-state index < -0.39 is 0 Å². The Morgan fingerprint density at radius 1 is 1.21 bits per heavy atom. The Labute approximate surface area is 142 Å². The third kappa shape index (κ3) is 2.72. The number of hydrogen-bond donors (Lipinski definition) is 0. The highest BCUT2D eigenvalue weighted by Crippen LogP contribution is 2.36. The molecule has 1 aliphatic carbocycles. The topological polar surface area (TPSA) is 58.4 Å². The number of rotatable bonds is 3. The van der Waals surface area contributed by atoms with Crippen LogP contribution in [0.15, 0.2) is 12.4 Å². The van der Waals surface area contributed by atoms with Gasteiger partial charge in [-0.15, -0.1) is 0 Å². The van der Waals surface area contributed by atoms with Crippen LogP contribution in [0.2, 0.25) is 0 Å². The van der Waals surface area contributed by atoms with Crippen molar-refractivity contribution in [2.24, 2.45) is 13.0 Å². The van der Waals surface area contributed by atoms with Crippen LogP contribution in [-0.2, 0) is 16.6 Å². The van der Waals surface area contributed by atoms with Crippen molar-refractivity contribution in [1.82, 2.24) is 19.6 Å². The molecule has 130 valence electrons. The Balaban J connectivity index is 1.46. The molecule has 1 aromatic heterocycles. The molecule has 3 fully saturated rings. The van der Waals surface area contributed by atoms with E-state index in [2.05, 4.69) is 5.10 Å². The fourth-order valence-electron chi connectivity index (χ4n) is 4.69. The molecule has 3 aliphatic rings. The van der Waals surface area contributed by atoms with Crippen molar-refractivity contribution >= 4 is 11.8 Å². The molecular weight excluding hydrogens is 304 g/mol. The van der Waals surface area contributed by atoms with Gasteiger partial charge in [-0.2, -0.15) is 5.10 Å². The Morgan fingerprint density at radius 2 is 2.00 bits per heavy atom. The highest BCUT2D eigenvalue weighted by molar-refractivity contribution is 5.89. The lowest BCUT2D eigenvalue weighted by molar-refractivity contribution is -0.136. The second-order valence-electron chi connectivity index (χ2n) is 7.52. The minimum absolute atomic E-state index is 0.127. The third-order valence-corrected chi connectivity index (χ3v) is 5.92. The highest BCUT2D eigenvalue weighted by Gasteiger charge is 2.42. The minimum Gasteiger partial charge on any atom is -0.339 e. The molecule has 0 bridgehead atoms. The van der Waals surface area contributed by atoms with E-state index >= 15 is 0 Å². The van der Waals surface area contributed by atoms with E-state index in [1.54, 1.807) is 4.68 Å². The predicted molar refractivity (Wildman–Crippen MR) is 89.0 cm³/mol. The van der Waals surface area contributed by atoms with Crippen LogP contribution in [0.1, 0.15) is 56.6 Å². The van der Waals surface area contributed by atoms with E-state index in [0.717, 1.165) is 37.8 Å². The van der Waals surface area contributed by atoms with Crippen molar-refractivity contribution in [3.8, 4) is 0 Å². The fraction of sp³-hybridized carbons (Fsp3) is 0.722. The average molecular weight is 330 g/mol. The van der Waals surface area contributed by atoms with Gasteiger partial charge in [0.2, 0.25) is 11.8 Å². The van der Waals surface area contributed by atoms with Crippen LogP contribution in [0.25, 0.3) is 0 Å². The van der Waals surface area contributed by atoms with Crippen LogP contribution in [0, 0.1) is 5.92 Å². The maximum absolute atomic E-state index is 13.1. The van der Waals surface area contributed by atoms with Crippen LogP contribution in [-0.4, -0.2) is 50.5 Å². The molecule has 1 aromatic rings. The van der Waals surface area contributed by atoms with E-state index in [-0.39, 0.29) is 23.8 Å². The zero-order valence-corrected chi connectivity index (χ0v) is 14.4. The van der Waals surface area contributed by atoms with E-state index in [1.165, 1.54) is 12.8 Å². The van der Waals surface area contributed by atoms with Gasteiger partial charge < -0.3 is 9.80 Å². The van der Waals surface area contributed by atoms with Gasteiger partial charge >= 0.3 is 0 Å². The summed E-state index contributed by atoms with van der Waals surface area (Å²) >= 11 is 0. The summed E-state index contributed by atoms with van der Waals surface area (Å²) < 4.78 is 1.79. The summed E-state index contributed by atoms with van der Waals surface area (Å²) in [6, 6.07) is 0.504. The van der Waals surface area contributed by atoms with Crippen LogP contribution in [0.4, 0.5) is 0 Å². The van der Waals surface area contributed by atoms with Gasteiger partial charge in [-0.1, -0.05) is 12.8 Å². The first-order chi connectivity index (χ1) is 11.6. The maximum Gasteiger partial charge on any atom is 0.228 e. The standard InChI is InChI=1S/C18H26N4O2/c1-20-11-14(10-19-20)16-7-4-8-21(16)18(24)13-9-17(23)22(12-13)15-5-2-3-6-15/h10-11,13,15-16H,2-9,12H2,1H3/t13-,16+/m0/s1. The lowest BCUT2D eigenvalue weighted by atomic mass is 10.0. The highest BCUT2D eigenvalue weighted by atomic mass is 16.2. The van der Waals surface area contributed by atoms with Crippen molar-refractivity contribution in [3.63, 3.8) is 0 Å². The first-order valence-corrected chi connectivity index (χ1v) is 9.22. The number of nitrogens with zero attached hydrogens (tertiary/aromatic N) is 4. The molecule has 2 saturated heterocycles. The van der Waals surface area contributed by atoms with Gasteiger partial charge in [-0.25, -0.2) is 0 Å². The molecule has 0 radical (unpaired) electrons. The van der Waals surface area contributed by atoms with Gasteiger partial charge in [-0.3, -0.25) is 14.3 Å². The zero-order valence-electron chi connectivity index (χ0n) is 14.4. The molecule has 0 N–H and O–H groups in total. The first-order valence-electron chi connectivity index (χ1n) is 9.22. The molecule has 0 spiro atoms. The summed E-state index contributed by atoms with van der Waals surface area (Å²) in [6.07, 6.45) is 10.9. The summed E-state index contributed by atoms with van der Waals surface area (Å²) in [4.78, 5) is 29.4. The lowest BCUT2D eigenvalue weighted by Crippen LogP contribution is -2.38. The Morgan fingerprint density at radius 3 is 2.71 bits per heavy atom. The monoisotopic (exact) mass is 330 g/mol. The van der Waals surface area contributed by atoms with Crippen molar-refractivity contribution < 1.29 is 9.59 Å². The second-order valence-corrected chi connectivity index (χ2v) is 7.52. The second kappa shape index (κ2) is 6.22. The van der Waals surface area contributed by atoms with E-state index in [1.807, 2.05) is 29.2 Å². The fourth-order valence-corrected chi connectivity index (χ4v) is 4.69. The number of aromatic nitrogens is 2. The third-order valence-electron chi connectivity index (χ3n) is 5.92. The summed E-state index contributed by atoms with van der Waals surface area (Å²) in [5, 5.41) is 4.25. The SMILES string of the molecule is Cn1cc([C@H]2CCCN2C(=O)[C@H]2CC(=O)N(C3CCCC3)C2)cn1. The number of likely N-dealkylation sites (tertiary alicyclic amines) is 2. The van der Waals surface area contributed by atoms with Crippen molar-refractivity contribution in [3.05, 3.63) is 18.0 Å². The molecule has 2 atom stereocenters. The quantitative estimate of drug-likeness (QED) is 0.850. The van der Waals surface area contributed by atoms with Crippen LogP contribution in [0.5, 0.6) is 0 Å². The summed E-state index contributed by atoms with van der Waals surface area (Å²) in [5.41, 5.74) is 1.11. The normalized spacial score (nSPS) is 28.3. The molecule has 2 aliphatic heterocycles. The van der Waals surface area contributed by atoms with Gasteiger partial charge in [-0.05, 0) is 25.7 Å². The molecule has 6 nitrogen and oxygen atoms in total. The summed E-state index contributed by atoms with van der Waals surface area (Å²) in [7, 11) is 1.90. The average Bonchev–Trinajstić information content (AvgIpc) is 3.33. The van der Waals surface area contributed by atoms with Gasteiger partial charge in [0.25, 0.3) is 0 Å². The van der Waals surface area contributed by atoms with Crippen LogP contribution < -0.4 is 0 Å². The van der Waals surface area contributed by atoms with E-state index in [0.29, 0.717) is 19.0 Å². The Hall–Kier alpha value is -1.85.